The van der Waals surface area contributed by atoms with Crippen LogP contribution in [0.15, 0.2) is 47.0 Å². The van der Waals surface area contributed by atoms with Crippen LogP contribution < -0.4 is 10.2 Å². The molecule has 4 rings (SSSR count). The number of benzene rings is 1. The van der Waals surface area contributed by atoms with Crippen molar-refractivity contribution < 1.29 is 28.2 Å². The Kier molecular flexibility index (Phi) is 4.98. The smallest absolute Gasteiger partial charge is 0.350 e. The summed E-state index contributed by atoms with van der Waals surface area (Å²) < 4.78 is 21.1. The van der Waals surface area contributed by atoms with E-state index in [1.807, 2.05) is 18.2 Å². The molecule has 2 aliphatic rings. The topological polar surface area (TPSA) is 103 Å². The minimum atomic E-state index is -1.28. The normalized spacial score (nSPS) is 18.8. The summed E-state index contributed by atoms with van der Waals surface area (Å²) in [5.74, 6) is -2.15. The largest absolute Gasteiger partial charge is 0.444 e. The van der Waals surface area contributed by atoms with Crippen LogP contribution in [0.4, 0.5) is 11.4 Å². The standard InChI is InChI=1S/C20H21N3O6/c1-20(2)28-18(24)14(19(25)29-20)10-22-15-9-13(17-11-21-12-27-17)3-4-16(15)23-5-7-26-8-6-23/h3-4,9-12,22H,5-8H2,1-2H3. The maximum atomic E-state index is 12.2. The SMILES string of the molecule is CC1(C)OC(=O)C(=CNc2cc(-c3cnco3)ccc2N2CCOCC2)C(=O)O1. The first-order valence-electron chi connectivity index (χ1n) is 9.22. The van der Waals surface area contributed by atoms with Gasteiger partial charge in [-0.25, -0.2) is 14.6 Å². The number of ether oxygens (including phenoxy) is 3. The average molecular weight is 399 g/mol. The lowest BCUT2D eigenvalue weighted by Gasteiger charge is -2.31. The molecule has 0 amide bonds. The Bertz CT molecular complexity index is 923. The predicted octanol–water partition coefficient (Wildman–Crippen LogP) is 2.31. The molecule has 152 valence electrons. The van der Waals surface area contributed by atoms with Gasteiger partial charge >= 0.3 is 11.9 Å². The van der Waals surface area contributed by atoms with E-state index in [9.17, 15) is 9.59 Å². The summed E-state index contributed by atoms with van der Waals surface area (Å²) in [6.07, 6.45) is 4.28. The Morgan fingerprint density at radius 1 is 1.14 bits per heavy atom. The predicted molar refractivity (Wildman–Crippen MR) is 103 cm³/mol. The van der Waals surface area contributed by atoms with Gasteiger partial charge in [0.05, 0.1) is 30.8 Å². The molecular formula is C20H21N3O6. The van der Waals surface area contributed by atoms with E-state index in [1.165, 1.54) is 26.4 Å². The molecule has 2 saturated heterocycles. The van der Waals surface area contributed by atoms with E-state index in [0.717, 1.165) is 24.3 Å². The fourth-order valence-electron chi connectivity index (χ4n) is 3.17. The van der Waals surface area contributed by atoms with E-state index in [1.54, 1.807) is 6.20 Å². The zero-order chi connectivity index (χ0) is 20.4. The van der Waals surface area contributed by atoms with Crippen molar-refractivity contribution in [3.63, 3.8) is 0 Å². The number of nitrogens with one attached hydrogen (secondary N) is 1. The molecule has 2 aliphatic heterocycles. The Morgan fingerprint density at radius 3 is 2.52 bits per heavy atom. The highest BCUT2D eigenvalue weighted by Gasteiger charge is 2.39. The maximum Gasteiger partial charge on any atom is 0.350 e. The van der Waals surface area contributed by atoms with E-state index in [4.69, 9.17) is 18.6 Å². The number of nitrogens with zero attached hydrogens (tertiary/aromatic N) is 2. The number of aromatic nitrogens is 1. The molecule has 1 aromatic carbocycles. The van der Waals surface area contributed by atoms with Crippen molar-refractivity contribution in [2.45, 2.75) is 19.6 Å². The summed E-state index contributed by atoms with van der Waals surface area (Å²) in [5, 5.41) is 3.06. The number of cyclic esters (lactones) is 2. The summed E-state index contributed by atoms with van der Waals surface area (Å²) >= 11 is 0. The fourth-order valence-corrected chi connectivity index (χ4v) is 3.17. The Morgan fingerprint density at radius 2 is 1.86 bits per heavy atom. The number of carbonyl (C=O) groups excluding carboxylic acids is 2. The number of morpholine rings is 1. The summed E-state index contributed by atoms with van der Waals surface area (Å²) in [6, 6.07) is 5.74. The number of hydrogen-bond donors (Lipinski definition) is 1. The van der Waals surface area contributed by atoms with Gasteiger partial charge in [-0.1, -0.05) is 0 Å². The molecule has 0 radical (unpaired) electrons. The van der Waals surface area contributed by atoms with E-state index < -0.39 is 17.7 Å². The lowest BCUT2D eigenvalue weighted by atomic mass is 10.1. The van der Waals surface area contributed by atoms with Crippen molar-refractivity contribution in [1.82, 2.24) is 4.98 Å². The van der Waals surface area contributed by atoms with Crippen LogP contribution >= 0.6 is 0 Å². The fraction of sp³-hybridized carbons (Fsp3) is 0.350. The number of hydrogen-bond acceptors (Lipinski definition) is 9. The summed E-state index contributed by atoms with van der Waals surface area (Å²) in [6.45, 7) is 5.71. The van der Waals surface area contributed by atoms with Crippen molar-refractivity contribution in [3.8, 4) is 11.3 Å². The average Bonchev–Trinajstić information content (AvgIpc) is 3.22. The van der Waals surface area contributed by atoms with Crippen LogP contribution in [-0.4, -0.2) is 49.0 Å². The van der Waals surface area contributed by atoms with Gasteiger partial charge < -0.3 is 28.8 Å². The Labute approximate surface area is 167 Å². The second kappa shape index (κ2) is 7.59. The van der Waals surface area contributed by atoms with E-state index >= 15 is 0 Å². The zero-order valence-electron chi connectivity index (χ0n) is 16.1. The summed E-state index contributed by atoms with van der Waals surface area (Å²) in [4.78, 5) is 30.5. The second-order valence-corrected chi connectivity index (χ2v) is 7.08. The number of carbonyl (C=O) groups is 2. The zero-order valence-corrected chi connectivity index (χ0v) is 16.1. The van der Waals surface area contributed by atoms with Crippen LogP contribution in [0.5, 0.6) is 0 Å². The first-order valence-corrected chi connectivity index (χ1v) is 9.22. The molecule has 9 heteroatoms. The quantitative estimate of drug-likeness (QED) is 0.471. The molecule has 0 unspecified atom stereocenters. The molecular weight excluding hydrogens is 378 g/mol. The molecule has 2 fully saturated rings. The summed E-state index contributed by atoms with van der Waals surface area (Å²) in [5.41, 5.74) is 2.20. The van der Waals surface area contributed by atoms with Gasteiger partial charge in [0.25, 0.3) is 5.79 Å². The maximum absolute atomic E-state index is 12.2. The third kappa shape index (κ3) is 4.09. The van der Waals surface area contributed by atoms with Gasteiger partial charge in [-0.3, -0.25) is 0 Å². The van der Waals surface area contributed by atoms with Crippen LogP contribution in [0.25, 0.3) is 11.3 Å². The van der Waals surface area contributed by atoms with Gasteiger partial charge in [-0.15, -0.1) is 0 Å². The van der Waals surface area contributed by atoms with Crippen LogP contribution in [0.3, 0.4) is 0 Å². The van der Waals surface area contributed by atoms with Crippen molar-refractivity contribution in [2.24, 2.45) is 0 Å². The highest BCUT2D eigenvalue weighted by atomic mass is 16.7. The van der Waals surface area contributed by atoms with Crippen LogP contribution in [0.2, 0.25) is 0 Å². The highest BCUT2D eigenvalue weighted by Crippen LogP contribution is 2.33. The van der Waals surface area contributed by atoms with Crippen LogP contribution in [0.1, 0.15) is 13.8 Å². The Balaban J connectivity index is 1.66. The number of esters is 2. The highest BCUT2D eigenvalue weighted by molar-refractivity contribution is 6.15. The number of oxazole rings is 1. The lowest BCUT2D eigenvalue weighted by molar-refractivity contribution is -0.222. The monoisotopic (exact) mass is 399 g/mol. The second-order valence-electron chi connectivity index (χ2n) is 7.08. The molecule has 0 atom stereocenters. The number of rotatable bonds is 4. The van der Waals surface area contributed by atoms with Crippen molar-refractivity contribution in [3.05, 3.63) is 42.6 Å². The molecule has 0 saturated carbocycles. The third-order valence-electron chi connectivity index (χ3n) is 4.55. The summed E-state index contributed by atoms with van der Waals surface area (Å²) in [7, 11) is 0. The van der Waals surface area contributed by atoms with Crippen LogP contribution in [-0.2, 0) is 23.8 Å². The minimum Gasteiger partial charge on any atom is -0.444 e. The molecule has 9 nitrogen and oxygen atoms in total. The van der Waals surface area contributed by atoms with E-state index in [2.05, 4.69) is 15.2 Å². The van der Waals surface area contributed by atoms with Crippen molar-refractivity contribution >= 4 is 23.3 Å². The molecule has 2 aromatic rings. The van der Waals surface area contributed by atoms with Gasteiger partial charge in [-0.05, 0) is 18.2 Å². The molecule has 0 bridgehead atoms. The molecule has 1 aromatic heterocycles. The minimum absolute atomic E-state index is 0.206. The van der Waals surface area contributed by atoms with Gasteiger partial charge in [0.1, 0.15) is 0 Å². The van der Waals surface area contributed by atoms with E-state index in [-0.39, 0.29) is 5.57 Å². The van der Waals surface area contributed by atoms with Crippen molar-refractivity contribution in [1.29, 1.82) is 0 Å². The molecule has 3 heterocycles. The molecule has 0 aliphatic carbocycles. The number of anilines is 2. The van der Waals surface area contributed by atoms with Crippen molar-refractivity contribution in [2.75, 3.05) is 36.5 Å². The van der Waals surface area contributed by atoms with Gasteiger partial charge in [0.15, 0.2) is 17.7 Å². The Hall–Kier alpha value is -3.33. The first-order chi connectivity index (χ1) is 13.9. The third-order valence-corrected chi connectivity index (χ3v) is 4.55. The molecule has 0 spiro atoms. The van der Waals surface area contributed by atoms with Gasteiger partial charge in [-0.2, -0.15) is 0 Å². The van der Waals surface area contributed by atoms with E-state index in [0.29, 0.717) is 24.7 Å². The molecule has 29 heavy (non-hydrogen) atoms. The van der Waals surface area contributed by atoms with Gasteiger partial charge in [0.2, 0.25) is 0 Å². The van der Waals surface area contributed by atoms with Gasteiger partial charge in [0, 0.05) is 38.7 Å². The van der Waals surface area contributed by atoms with Crippen LogP contribution in [0, 0.1) is 0 Å². The molecule has 1 N–H and O–H groups in total. The first kappa shape index (κ1) is 19.0. The lowest BCUT2D eigenvalue weighted by Crippen LogP contribution is -2.42.